The van der Waals surface area contributed by atoms with Crippen molar-refractivity contribution in [1.82, 2.24) is 5.32 Å². The molecule has 1 heteroatoms. The molecule has 0 saturated heterocycles. The van der Waals surface area contributed by atoms with Gasteiger partial charge in [-0.15, -0.1) is 6.58 Å². The van der Waals surface area contributed by atoms with Crippen LogP contribution in [0.3, 0.4) is 0 Å². The number of unbranched alkanes of at least 4 members (excludes halogenated alkanes) is 3. The molecule has 0 aromatic rings. The lowest BCUT2D eigenvalue weighted by Crippen LogP contribution is -2.28. The van der Waals surface area contributed by atoms with E-state index in [2.05, 4.69) is 46.6 Å². The highest BCUT2D eigenvalue weighted by atomic mass is 14.9. The van der Waals surface area contributed by atoms with Crippen LogP contribution in [0, 0.1) is 11.3 Å². The number of hydrogen-bond acceptors (Lipinski definition) is 1. The van der Waals surface area contributed by atoms with Crippen LogP contribution in [0.4, 0.5) is 0 Å². The SMILES string of the molecule is C=CCCCCCC(CC(C)CC(C)(C)C)NC. The molecule has 0 aliphatic rings. The highest BCUT2D eigenvalue weighted by Gasteiger charge is 2.18. The van der Waals surface area contributed by atoms with Crippen molar-refractivity contribution in [3.05, 3.63) is 12.7 Å². The maximum atomic E-state index is 3.77. The summed E-state index contributed by atoms with van der Waals surface area (Å²) in [5, 5.41) is 3.49. The van der Waals surface area contributed by atoms with Crippen LogP contribution in [0.15, 0.2) is 12.7 Å². The summed E-state index contributed by atoms with van der Waals surface area (Å²) < 4.78 is 0. The number of allylic oxidation sites excluding steroid dienone is 1. The van der Waals surface area contributed by atoms with Crippen LogP contribution in [0.25, 0.3) is 0 Å². The molecule has 0 bridgehead atoms. The third kappa shape index (κ3) is 10.8. The molecule has 0 aliphatic heterocycles. The average Bonchev–Trinajstić information content (AvgIpc) is 2.24. The highest BCUT2D eigenvalue weighted by molar-refractivity contribution is 4.73. The zero-order chi connectivity index (χ0) is 14.0. The van der Waals surface area contributed by atoms with Gasteiger partial charge in [-0.2, -0.15) is 0 Å². The molecule has 0 spiro atoms. The van der Waals surface area contributed by atoms with Crippen LogP contribution < -0.4 is 5.32 Å². The van der Waals surface area contributed by atoms with Gasteiger partial charge in [-0.1, -0.05) is 46.6 Å². The Labute approximate surface area is 115 Å². The van der Waals surface area contributed by atoms with Crippen LogP contribution >= 0.6 is 0 Å². The molecule has 2 unspecified atom stereocenters. The van der Waals surface area contributed by atoms with Crippen molar-refractivity contribution in [3.8, 4) is 0 Å². The zero-order valence-corrected chi connectivity index (χ0v) is 13.4. The van der Waals surface area contributed by atoms with E-state index in [4.69, 9.17) is 0 Å². The van der Waals surface area contributed by atoms with Crippen molar-refractivity contribution in [1.29, 1.82) is 0 Å². The normalized spacial score (nSPS) is 15.4. The van der Waals surface area contributed by atoms with E-state index in [0.29, 0.717) is 11.5 Å². The lowest BCUT2D eigenvalue weighted by molar-refractivity contribution is 0.272. The Morgan fingerprint density at radius 3 is 2.33 bits per heavy atom. The molecule has 0 rings (SSSR count). The first-order valence-electron chi connectivity index (χ1n) is 7.67. The molecule has 0 radical (unpaired) electrons. The quantitative estimate of drug-likeness (QED) is 0.418. The third-order valence-electron chi connectivity index (χ3n) is 3.52. The molecular weight excluding hydrogens is 218 g/mol. The predicted molar refractivity (Wildman–Crippen MR) is 84.0 cm³/mol. The highest BCUT2D eigenvalue weighted by Crippen LogP contribution is 2.27. The van der Waals surface area contributed by atoms with Crippen molar-refractivity contribution >= 4 is 0 Å². The smallest absolute Gasteiger partial charge is 0.00666 e. The molecule has 0 aromatic carbocycles. The summed E-state index contributed by atoms with van der Waals surface area (Å²) in [4.78, 5) is 0. The van der Waals surface area contributed by atoms with E-state index in [1.165, 1.54) is 44.9 Å². The standard InChI is InChI=1S/C17H35N/c1-7-8-9-10-11-12-16(18-6)13-15(2)14-17(3,4)5/h7,15-16,18H,1,8-14H2,2-6H3. The van der Waals surface area contributed by atoms with Crippen LogP contribution in [0.1, 0.15) is 72.6 Å². The van der Waals surface area contributed by atoms with E-state index in [9.17, 15) is 0 Å². The molecule has 1 N–H and O–H groups in total. The first-order chi connectivity index (χ1) is 8.39. The van der Waals surface area contributed by atoms with E-state index in [0.717, 1.165) is 5.92 Å². The van der Waals surface area contributed by atoms with Crippen molar-refractivity contribution in [2.24, 2.45) is 11.3 Å². The Hall–Kier alpha value is -0.300. The molecule has 1 nitrogen and oxygen atoms in total. The average molecular weight is 253 g/mol. The van der Waals surface area contributed by atoms with E-state index < -0.39 is 0 Å². The summed E-state index contributed by atoms with van der Waals surface area (Å²) in [7, 11) is 2.11. The van der Waals surface area contributed by atoms with Gasteiger partial charge in [0.25, 0.3) is 0 Å². The molecular formula is C17H35N. The fourth-order valence-corrected chi connectivity index (χ4v) is 2.85. The second-order valence-corrected chi connectivity index (χ2v) is 7.02. The van der Waals surface area contributed by atoms with Gasteiger partial charge in [0.15, 0.2) is 0 Å². The van der Waals surface area contributed by atoms with E-state index >= 15 is 0 Å². The first kappa shape index (κ1) is 17.7. The Morgan fingerprint density at radius 1 is 1.17 bits per heavy atom. The van der Waals surface area contributed by atoms with Gasteiger partial charge in [-0.3, -0.25) is 0 Å². The molecule has 0 heterocycles. The second-order valence-electron chi connectivity index (χ2n) is 7.02. The monoisotopic (exact) mass is 253 g/mol. The van der Waals surface area contributed by atoms with Gasteiger partial charge in [-0.05, 0) is 50.5 Å². The topological polar surface area (TPSA) is 12.0 Å². The minimum absolute atomic E-state index is 0.460. The van der Waals surface area contributed by atoms with E-state index in [-0.39, 0.29) is 0 Å². The Morgan fingerprint density at radius 2 is 1.83 bits per heavy atom. The summed E-state index contributed by atoms with van der Waals surface area (Å²) >= 11 is 0. The fraction of sp³-hybridized carbons (Fsp3) is 0.882. The van der Waals surface area contributed by atoms with E-state index in [1.54, 1.807) is 0 Å². The number of hydrogen-bond donors (Lipinski definition) is 1. The van der Waals surface area contributed by atoms with Crippen molar-refractivity contribution < 1.29 is 0 Å². The third-order valence-corrected chi connectivity index (χ3v) is 3.52. The zero-order valence-electron chi connectivity index (χ0n) is 13.4. The largest absolute Gasteiger partial charge is 0.317 e. The number of nitrogens with one attached hydrogen (secondary N) is 1. The van der Waals surface area contributed by atoms with Gasteiger partial charge in [0.05, 0.1) is 0 Å². The van der Waals surface area contributed by atoms with Crippen molar-refractivity contribution in [3.63, 3.8) is 0 Å². The van der Waals surface area contributed by atoms with Gasteiger partial charge in [0, 0.05) is 6.04 Å². The summed E-state index contributed by atoms with van der Waals surface area (Å²) in [6.45, 7) is 13.2. The maximum absolute atomic E-state index is 3.77. The van der Waals surface area contributed by atoms with Gasteiger partial charge in [0.1, 0.15) is 0 Å². The molecule has 0 aromatic heterocycles. The van der Waals surface area contributed by atoms with Gasteiger partial charge in [-0.25, -0.2) is 0 Å². The van der Waals surface area contributed by atoms with Crippen molar-refractivity contribution in [2.75, 3.05) is 7.05 Å². The Balaban J connectivity index is 3.78. The molecule has 108 valence electrons. The molecule has 18 heavy (non-hydrogen) atoms. The Kier molecular flexibility index (Phi) is 9.45. The van der Waals surface area contributed by atoms with Crippen LogP contribution in [-0.2, 0) is 0 Å². The Bertz CT molecular complexity index is 202. The van der Waals surface area contributed by atoms with Crippen LogP contribution in [-0.4, -0.2) is 13.1 Å². The van der Waals surface area contributed by atoms with Gasteiger partial charge < -0.3 is 5.32 Å². The maximum Gasteiger partial charge on any atom is 0.00666 e. The summed E-state index contributed by atoms with van der Waals surface area (Å²) in [6.07, 6.45) is 11.2. The fourth-order valence-electron chi connectivity index (χ4n) is 2.85. The molecule has 0 amide bonds. The minimum Gasteiger partial charge on any atom is -0.317 e. The van der Waals surface area contributed by atoms with Gasteiger partial charge in [0.2, 0.25) is 0 Å². The summed E-state index contributed by atoms with van der Waals surface area (Å²) in [5.74, 6) is 0.815. The molecule has 2 atom stereocenters. The summed E-state index contributed by atoms with van der Waals surface area (Å²) in [5.41, 5.74) is 0.460. The predicted octanol–water partition coefficient (Wildman–Crippen LogP) is 5.17. The lowest BCUT2D eigenvalue weighted by atomic mass is 9.82. The minimum atomic E-state index is 0.460. The summed E-state index contributed by atoms with van der Waals surface area (Å²) in [6, 6.07) is 0.700. The molecule has 0 fully saturated rings. The lowest BCUT2D eigenvalue weighted by Gasteiger charge is -2.26. The molecule has 0 aliphatic carbocycles. The molecule has 0 saturated carbocycles. The number of rotatable bonds is 10. The second kappa shape index (κ2) is 9.61. The first-order valence-corrected chi connectivity index (χ1v) is 7.67. The van der Waals surface area contributed by atoms with Gasteiger partial charge >= 0.3 is 0 Å². The van der Waals surface area contributed by atoms with Crippen molar-refractivity contribution in [2.45, 2.75) is 78.7 Å². The van der Waals surface area contributed by atoms with E-state index in [1.807, 2.05) is 6.08 Å². The van der Waals surface area contributed by atoms with Crippen LogP contribution in [0.5, 0.6) is 0 Å². The van der Waals surface area contributed by atoms with Crippen LogP contribution in [0.2, 0.25) is 0 Å².